The molecule has 1 heterocycles. The molecule has 5 nitrogen and oxygen atoms in total. The average molecular weight is 430 g/mol. The Kier molecular flexibility index (Phi) is 7.54. The highest BCUT2D eigenvalue weighted by Crippen LogP contribution is 2.24. The van der Waals surface area contributed by atoms with Gasteiger partial charge in [-0.15, -0.1) is 0 Å². The molecule has 0 unspecified atom stereocenters. The summed E-state index contributed by atoms with van der Waals surface area (Å²) >= 11 is 0. The second kappa shape index (κ2) is 10.9. The van der Waals surface area contributed by atoms with Crippen LogP contribution in [0, 0.1) is 0 Å². The molecule has 3 aromatic carbocycles. The maximum atomic E-state index is 12.7. The molecule has 0 spiro atoms. The number of likely N-dealkylation sites (tertiary alicyclic amines) is 1. The largest absolute Gasteiger partial charge is 0.457 e. The van der Waals surface area contributed by atoms with E-state index in [4.69, 9.17) is 4.74 Å². The van der Waals surface area contributed by atoms with Crippen molar-refractivity contribution in [3.8, 4) is 11.5 Å². The zero-order valence-electron chi connectivity index (χ0n) is 18.5. The summed E-state index contributed by atoms with van der Waals surface area (Å²) < 4.78 is 5.96. The Morgan fingerprint density at radius 2 is 1.62 bits per heavy atom. The van der Waals surface area contributed by atoms with Crippen molar-refractivity contribution in [3.63, 3.8) is 0 Å². The van der Waals surface area contributed by atoms with Crippen LogP contribution in [-0.2, 0) is 17.9 Å². The van der Waals surface area contributed by atoms with E-state index in [1.54, 1.807) is 0 Å². The monoisotopic (exact) mass is 429 g/mol. The minimum absolute atomic E-state index is 0.111. The summed E-state index contributed by atoms with van der Waals surface area (Å²) in [5.74, 6) is 1.77. The summed E-state index contributed by atoms with van der Waals surface area (Å²) in [5.41, 5.74) is 2.39. The number of hydrogen-bond acceptors (Lipinski definition) is 4. The van der Waals surface area contributed by atoms with Crippen LogP contribution in [0.1, 0.15) is 24.5 Å². The number of ether oxygens (including phenoxy) is 1. The lowest BCUT2D eigenvalue weighted by Gasteiger charge is -2.23. The van der Waals surface area contributed by atoms with Crippen molar-refractivity contribution < 1.29 is 9.53 Å². The van der Waals surface area contributed by atoms with Crippen molar-refractivity contribution in [2.24, 2.45) is 0 Å². The van der Waals surface area contributed by atoms with Gasteiger partial charge in [0.05, 0.1) is 6.04 Å². The van der Waals surface area contributed by atoms with E-state index in [0.717, 1.165) is 43.1 Å². The minimum atomic E-state index is -0.111. The Bertz CT molecular complexity index is 994. The van der Waals surface area contributed by atoms with E-state index in [2.05, 4.69) is 39.8 Å². The average Bonchev–Trinajstić information content (AvgIpc) is 3.22. The van der Waals surface area contributed by atoms with Gasteiger partial charge in [-0.1, -0.05) is 60.7 Å². The molecule has 3 aromatic rings. The predicted octanol–water partition coefficient (Wildman–Crippen LogP) is 4.35. The van der Waals surface area contributed by atoms with Crippen molar-refractivity contribution in [2.45, 2.75) is 38.5 Å². The second-order valence-corrected chi connectivity index (χ2v) is 8.20. The number of hydrogen-bond donors (Lipinski definition) is 2. The number of amides is 1. The van der Waals surface area contributed by atoms with Crippen LogP contribution in [0.2, 0.25) is 0 Å². The smallest absolute Gasteiger partial charge is 0.237 e. The summed E-state index contributed by atoms with van der Waals surface area (Å²) in [6, 6.07) is 28.5. The first-order chi connectivity index (χ1) is 15.7. The Balaban J connectivity index is 1.37. The zero-order valence-corrected chi connectivity index (χ0v) is 18.5. The van der Waals surface area contributed by atoms with Crippen molar-refractivity contribution >= 4 is 5.91 Å². The first kappa shape index (κ1) is 22.1. The molecular weight excluding hydrogens is 398 g/mol. The predicted molar refractivity (Wildman–Crippen MR) is 128 cm³/mol. The van der Waals surface area contributed by atoms with Crippen molar-refractivity contribution in [2.75, 3.05) is 13.1 Å². The number of benzene rings is 3. The van der Waals surface area contributed by atoms with E-state index in [9.17, 15) is 4.79 Å². The molecule has 5 heteroatoms. The highest BCUT2D eigenvalue weighted by Gasteiger charge is 2.36. The first-order valence-corrected chi connectivity index (χ1v) is 11.3. The molecule has 0 aromatic heterocycles. The fraction of sp³-hybridized carbons (Fsp3) is 0.296. The first-order valence-electron chi connectivity index (χ1n) is 11.3. The van der Waals surface area contributed by atoms with Gasteiger partial charge >= 0.3 is 0 Å². The molecule has 0 aliphatic carbocycles. The van der Waals surface area contributed by atoms with Gasteiger partial charge in [-0.2, -0.15) is 0 Å². The molecule has 1 saturated heterocycles. The molecule has 2 atom stereocenters. The van der Waals surface area contributed by atoms with Crippen LogP contribution >= 0.6 is 0 Å². The molecule has 4 rings (SSSR count). The van der Waals surface area contributed by atoms with Crippen LogP contribution in [-0.4, -0.2) is 36.0 Å². The molecule has 1 amide bonds. The highest BCUT2D eigenvalue weighted by atomic mass is 16.5. The summed E-state index contributed by atoms with van der Waals surface area (Å²) in [4.78, 5) is 15.0. The van der Waals surface area contributed by atoms with Crippen LogP contribution < -0.4 is 15.4 Å². The molecule has 0 bridgehead atoms. The number of carbonyl (C=O) groups excluding carboxylic acids is 1. The third-order valence-electron chi connectivity index (χ3n) is 5.76. The van der Waals surface area contributed by atoms with Crippen molar-refractivity contribution in [1.29, 1.82) is 0 Å². The van der Waals surface area contributed by atoms with Gasteiger partial charge in [0.2, 0.25) is 5.91 Å². The minimum Gasteiger partial charge on any atom is -0.457 e. The molecule has 1 fully saturated rings. The Morgan fingerprint density at radius 3 is 2.38 bits per heavy atom. The third-order valence-corrected chi connectivity index (χ3v) is 5.76. The fourth-order valence-corrected chi connectivity index (χ4v) is 4.21. The molecule has 0 saturated carbocycles. The van der Waals surface area contributed by atoms with Crippen LogP contribution in [0.5, 0.6) is 11.5 Å². The molecule has 0 radical (unpaired) electrons. The molecule has 166 valence electrons. The highest BCUT2D eigenvalue weighted by molar-refractivity contribution is 5.82. The van der Waals surface area contributed by atoms with Gasteiger partial charge in [-0.3, -0.25) is 9.69 Å². The number of carbonyl (C=O) groups is 1. The summed E-state index contributed by atoms with van der Waals surface area (Å²) in [5, 5.41) is 6.66. The SMILES string of the molecule is CCNC(=O)[C@@H]1C[C@H](NCc2cccc(Oc3ccccc3)c2)CN1Cc1ccccc1. The number of para-hydroxylation sites is 1. The lowest BCUT2D eigenvalue weighted by molar-refractivity contribution is -0.125. The van der Waals surface area contributed by atoms with Gasteiger partial charge in [0.1, 0.15) is 11.5 Å². The molecule has 1 aliphatic rings. The summed E-state index contributed by atoms with van der Waals surface area (Å²) in [6.45, 7) is 4.98. The Hall–Kier alpha value is -3.15. The van der Waals surface area contributed by atoms with Gasteiger partial charge in [0, 0.05) is 32.2 Å². The topological polar surface area (TPSA) is 53.6 Å². The standard InChI is InChI=1S/C27H31N3O2/c1-2-28-27(31)26-17-23(20-30(26)19-21-10-5-3-6-11-21)29-18-22-12-9-15-25(16-22)32-24-13-7-4-8-14-24/h3-16,23,26,29H,2,17-20H2,1H3,(H,28,31)/t23-,26-/m0/s1. The van der Waals surface area contributed by atoms with E-state index >= 15 is 0 Å². The molecular formula is C27H31N3O2. The van der Waals surface area contributed by atoms with Crippen LogP contribution in [0.3, 0.4) is 0 Å². The van der Waals surface area contributed by atoms with E-state index in [-0.39, 0.29) is 18.0 Å². The number of rotatable bonds is 9. The van der Waals surface area contributed by atoms with Crippen LogP contribution in [0.25, 0.3) is 0 Å². The van der Waals surface area contributed by atoms with Crippen molar-refractivity contribution in [1.82, 2.24) is 15.5 Å². The normalized spacial score (nSPS) is 18.4. The van der Waals surface area contributed by atoms with E-state index in [1.165, 1.54) is 5.56 Å². The Morgan fingerprint density at radius 1 is 0.938 bits per heavy atom. The summed E-state index contributed by atoms with van der Waals surface area (Å²) in [6.07, 6.45) is 0.804. The number of nitrogens with zero attached hydrogens (tertiary/aromatic N) is 1. The summed E-state index contributed by atoms with van der Waals surface area (Å²) in [7, 11) is 0. The fourth-order valence-electron chi connectivity index (χ4n) is 4.21. The molecule has 2 N–H and O–H groups in total. The van der Waals surface area contributed by atoms with Gasteiger partial charge in [-0.25, -0.2) is 0 Å². The lowest BCUT2D eigenvalue weighted by Crippen LogP contribution is -2.42. The van der Waals surface area contributed by atoms with Crippen molar-refractivity contribution in [3.05, 3.63) is 96.1 Å². The number of likely N-dealkylation sites (N-methyl/N-ethyl adjacent to an activating group) is 1. The lowest BCUT2D eigenvalue weighted by atomic mass is 10.1. The van der Waals surface area contributed by atoms with Gasteiger partial charge in [-0.05, 0) is 48.7 Å². The zero-order chi connectivity index (χ0) is 22.2. The second-order valence-electron chi connectivity index (χ2n) is 8.20. The Labute approximate surface area is 190 Å². The van der Waals surface area contributed by atoms with Gasteiger partial charge < -0.3 is 15.4 Å². The maximum absolute atomic E-state index is 12.7. The quantitative estimate of drug-likeness (QED) is 0.531. The van der Waals surface area contributed by atoms with Crippen LogP contribution in [0.15, 0.2) is 84.9 Å². The molecule has 32 heavy (non-hydrogen) atoms. The third kappa shape index (κ3) is 5.96. The van der Waals surface area contributed by atoms with E-state index in [0.29, 0.717) is 6.54 Å². The van der Waals surface area contributed by atoms with Gasteiger partial charge in [0.25, 0.3) is 0 Å². The van der Waals surface area contributed by atoms with Gasteiger partial charge in [0.15, 0.2) is 0 Å². The maximum Gasteiger partial charge on any atom is 0.237 e. The van der Waals surface area contributed by atoms with Crippen LogP contribution in [0.4, 0.5) is 0 Å². The van der Waals surface area contributed by atoms with E-state index in [1.807, 2.05) is 67.6 Å². The number of nitrogens with one attached hydrogen (secondary N) is 2. The molecule has 1 aliphatic heterocycles. The van der Waals surface area contributed by atoms with E-state index < -0.39 is 0 Å².